The highest BCUT2D eigenvalue weighted by atomic mass is 19.4. The molecule has 0 bridgehead atoms. The molecule has 1 aromatic heterocycles. The summed E-state index contributed by atoms with van der Waals surface area (Å²) >= 11 is 0. The van der Waals surface area contributed by atoms with E-state index in [2.05, 4.69) is 34.0 Å². The van der Waals surface area contributed by atoms with E-state index in [1.165, 1.54) is 12.1 Å². The Balaban J connectivity index is 1.84. The first-order valence-corrected chi connectivity index (χ1v) is 9.26. The standard InChI is InChI=1S/C20H25F3N4/c1-4-27(17-6-5-11-26(3)13-17)18-12-14(2)19(25-24-18)15-7-9-16(10-8-15)20(21,22)23/h7-10,12,17H,4-6,11,13H2,1-3H3/t17-/m1/s1. The summed E-state index contributed by atoms with van der Waals surface area (Å²) in [5.74, 6) is 0.825. The Kier molecular flexibility index (Phi) is 5.69. The van der Waals surface area contributed by atoms with Gasteiger partial charge in [-0.05, 0) is 64.0 Å². The number of rotatable bonds is 4. The summed E-state index contributed by atoms with van der Waals surface area (Å²) in [4.78, 5) is 4.60. The summed E-state index contributed by atoms with van der Waals surface area (Å²) in [7, 11) is 2.13. The minimum absolute atomic E-state index is 0.402. The maximum atomic E-state index is 12.7. The molecule has 2 aromatic rings. The summed E-state index contributed by atoms with van der Waals surface area (Å²) in [5, 5.41) is 8.73. The van der Waals surface area contributed by atoms with Crippen molar-refractivity contribution in [3.05, 3.63) is 41.5 Å². The molecule has 0 saturated carbocycles. The first kappa shape index (κ1) is 19.6. The van der Waals surface area contributed by atoms with Crippen molar-refractivity contribution in [3.8, 4) is 11.3 Å². The highest BCUT2D eigenvalue weighted by molar-refractivity contribution is 5.64. The van der Waals surface area contributed by atoms with Gasteiger partial charge in [-0.25, -0.2) is 0 Å². The van der Waals surface area contributed by atoms with E-state index in [1.807, 2.05) is 13.0 Å². The molecular weight excluding hydrogens is 353 g/mol. The van der Waals surface area contributed by atoms with Gasteiger partial charge in [-0.1, -0.05) is 12.1 Å². The van der Waals surface area contributed by atoms with Crippen molar-refractivity contribution >= 4 is 5.82 Å². The lowest BCUT2D eigenvalue weighted by Gasteiger charge is -2.38. The molecule has 1 fully saturated rings. The number of benzene rings is 1. The minimum Gasteiger partial charge on any atom is -0.351 e. The van der Waals surface area contributed by atoms with Crippen LogP contribution in [0.5, 0.6) is 0 Å². The van der Waals surface area contributed by atoms with E-state index in [-0.39, 0.29) is 0 Å². The van der Waals surface area contributed by atoms with Crippen LogP contribution in [0.3, 0.4) is 0 Å². The molecule has 0 aliphatic carbocycles. The summed E-state index contributed by atoms with van der Waals surface area (Å²) in [5.41, 5.74) is 1.50. The number of likely N-dealkylation sites (tertiary alicyclic amines) is 1. The molecule has 4 nitrogen and oxygen atoms in total. The van der Waals surface area contributed by atoms with Gasteiger partial charge in [-0.2, -0.15) is 13.2 Å². The van der Waals surface area contributed by atoms with Crippen LogP contribution in [-0.4, -0.2) is 47.8 Å². The number of piperidine rings is 1. The molecule has 0 spiro atoms. The van der Waals surface area contributed by atoms with Gasteiger partial charge in [0.05, 0.1) is 11.3 Å². The highest BCUT2D eigenvalue weighted by Crippen LogP contribution is 2.31. The number of nitrogens with zero attached hydrogens (tertiary/aromatic N) is 4. The second-order valence-electron chi connectivity index (χ2n) is 7.15. The van der Waals surface area contributed by atoms with Gasteiger partial charge in [0.15, 0.2) is 5.82 Å². The molecule has 27 heavy (non-hydrogen) atoms. The van der Waals surface area contributed by atoms with E-state index in [0.29, 0.717) is 17.3 Å². The topological polar surface area (TPSA) is 32.3 Å². The number of likely N-dealkylation sites (N-methyl/N-ethyl adjacent to an activating group) is 2. The van der Waals surface area contributed by atoms with Crippen molar-refractivity contribution in [2.45, 2.75) is 38.9 Å². The summed E-state index contributed by atoms with van der Waals surface area (Å²) in [6, 6.07) is 7.46. The highest BCUT2D eigenvalue weighted by Gasteiger charge is 2.30. The smallest absolute Gasteiger partial charge is 0.351 e. The van der Waals surface area contributed by atoms with Crippen LogP contribution in [0.15, 0.2) is 30.3 Å². The molecule has 146 valence electrons. The van der Waals surface area contributed by atoms with Crippen molar-refractivity contribution in [2.75, 3.05) is 31.6 Å². The predicted molar refractivity (Wildman–Crippen MR) is 101 cm³/mol. The lowest BCUT2D eigenvalue weighted by molar-refractivity contribution is -0.137. The zero-order valence-corrected chi connectivity index (χ0v) is 15.9. The molecule has 1 saturated heterocycles. The van der Waals surface area contributed by atoms with Crippen molar-refractivity contribution in [3.63, 3.8) is 0 Å². The van der Waals surface area contributed by atoms with Crippen LogP contribution in [0.1, 0.15) is 30.9 Å². The number of halogens is 3. The maximum absolute atomic E-state index is 12.7. The second-order valence-corrected chi connectivity index (χ2v) is 7.15. The lowest BCUT2D eigenvalue weighted by atomic mass is 10.0. The van der Waals surface area contributed by atoms with Crippen LogP contribution < -0.4 is 4.90 Å². The van der Waals surface area contributed by atoms with Gasteiger partial charge < -0.3 is 9.80 Å². The Morgan fingerprint density at radius 3 is 2.44 bits per heavy atom. The van der Waals surface area contributed by atoms with E-state index in [4.69, 9.17) is 0 Å². The van der Waals surface area contributed by atoms with Gasteiger partial charge in [-0.3, -0.25) is 0 Å². The van der Waals surface area contributed by atoms with Gasteiger partial charge in [0.25, 0.3) is 0 Å². The van der Waals surface area contributed by atoms with E-state index >= 15 is 0 Å². The van der Waals surface area contributed by atoms with Crippen LogP contribution in [-0.2, 0) is 6.18 Å². The molecule has 3 rings (SSSR count). The van der Waals surface area contributed by atoms with Crippen molar-refractivity contribution in [1.82, 2.24) is 15.1 Å². The predicted octanol–water partition coefficient (Wildman–Crippen LogP) is 4.39. The van der Waals surface area contributed by atoms with Crippen LogP contribution >= 0.6 is 0 Å². The quantitative estimate of drug-likeness (QED) is 0.790. The summed E-state index contributed by atoms with van der Waals surface area (Å²) in [6.45, 7) is 6.98. The SMILES string of the molecule is CCN(c1cc(C)c(-c2ccc(C(F)(F)F)cc2)nn1)[C@@H]1CCCN(C)C1. The third-order valence-electron chi connectivity index (χ3n) is 5.13. The Morgan fingerprint density at radius 1 is 1.19 bits per heavy atom. The average molecular weight is 378 g/mol. The number of aromatic nitrogens is 2. The van der Waals surface area contributed by atoms with Gasteiger partial charge in [0, 0.05) is 24.7 Å². The average Bonchev–Trinajstić information content (AvgIpc) is 2.62. The number of hydrogen-bond acceptors (Lipinski definition) is 4. The van der Waals surface area contributed by atoms with Gasteiger partial charge in [-0.15, -0.1) is 10.2 Å². The number of alkyl halides is 3. The fourth-order valence-corrected chi connectivity index (χ4v) is 3.71. The van der Waals surface area contributed by atoms with Crippen molar-refractivity contribution in [1.29, 1.82) is 0 Å². The Hall–Kier alpha value is -2.15. The van der Waals surface area contributed by atoms with Gasteiger partial charge in [0.2, 0.25) is 0 Å². The van der Waals surface area contributed by atoms with Gasteiger partial charge >= 0.3 is 6.18 Å². The minimum atomic E-state index is -4.34. The van der Waals surface area contributed by atoms with E-state index in [1.54, 1.807) is 0 Å². The number of hydrogen-bond donors (Lipinski definition) is 0. The summed E-state index contributed by atoms with van der Waals surface area (Å²) in [6.07, 6.45) is -2.05. The van der Waals surface area contributed by atoms with Crippen LogP contribution in [0.2, 0.25) is 0 Å². The Labute approximate surface area is 158 Å². The van der Waals surface area contributed by atoms with Crippen LogP contribution in [0.4, 0.5) is 19.0 Å². The molecule has 2 heterocycles. The lowest BCUT2D eigenvalue weighted by Crippen LogP contribution is -2.47. The first-order chi connectivity index (χ1) is 12.8. The molecule has 1 aliphatic rings. The number of anilines is 1. The van der Waals surface area contributed by atoms with E-state index in [9.17, 15) is 13.2 Å². The first-order valence-electron chi connectivity index (χ1n) is 9.26. The Morgan fingerprint density at radius 2 is 1.89 bits per heavy atom. The monoisotopic (exact) mass is 378 g/mol. The van der Waals surface area contributed by atoms with Crippen molar-refractivity contribution < 1.29 is 13.2 Å². The fraction of sp³-hybridized carbons (Fsp3) is 0.500. The molecule has 0 unspecified atom stereocenters. The van der Waals surface area contributed by atoms with Crippen LogP contribution in [0.25, 0.3) is 11.3 Å². The molecule has 1 aromatic carbocycles. The normalized spacial score (nSPS) is 18.5. The molecule has 1 atom stereocenters. The second kappa shape index (κ2) is 7.84. The maximum Gasteiger partial charge on any atom is 0.416 e. The fourth-order valence-electron chi connectivity index (χ4n) is 3.71. The zero-order chi connectivity index (χ0) is 19.6. The largest absolute Gasteiger partial charge is 0.416 e. The molecule has 1 aliphatic heterocycles. The van der Waals surface area contributed by atoms with E-state index < -0.39 is 11.7 Å². The third kappa shape index (κ3) is 4.40. The molecular formula is C20H25F3N4. The third-order valence-corrected chi connectivity index (χ3v) is 5.13. The van der Waals surface area contributed by atoms with Crippen molar-refractivity contribution in [2.24, 2.45) is 0 Å². The Bertz CT molecular complexity index is 774. The molecule has 0 N–H and O–H groups in total. The molecule has 0 radical (unpaired) electrons. The van der Waals surface area contributed by atoms with E-state index in [0.717, 1.165) is 56.0 Å². The van der Waals surface area contributed by atoms with Crippen LogP contribution in [0, 0.1) is 6.92 Å². The zero-order valence-electron chi connectivity index (χ0n) is 15.9. The molecule has 0 amide bonds. The molecule has 7 heteroatoms. The van der Waals surface area contributed by atoms with Gasteiger partial charge in [0.1, 0.15) is 0 Å². The number of aryl methyl sites for hydroxylation is 1. The summed E-state index contributed by atoms with van der Waals surface area (Å²) < 4.78 is 38.2.